The number of hydrogen-bond donors (Lipinski definition) is 0. The minimum atomic E-state index is -0.000291. The Labute approximate surface area is 70.3 Å². The van der Waals surface area contributed by atoms with Crippen molar-refractivity contribution in [3.05, 3.63) is 29.3 Å². The first-order chi connectivity index (χ1) is 4.34. The zero-order chi connectivity index (χ0) is 6.69. The maximum absolute atomic E-state index is 5.86. The average Bonchev–Trinajstić information content (AvgIpc) is 1.89. The minimum absolute atomic E-state index is 0.000291. The summed E-state index contributed by atoms with van der Waals surface area (Å²) >= 11 is 5.86. The fourth-order valence-corrected chi connectivity index (χ4v) is 2.63. The average molecular weight is 254 g/mol. The van der Waals surface area contributed by atoms with Crippen molar-refractivity contribution in [2.75, 3.05) is 0 Å². The summed E-state index contributed by atoms with van der Waals surface area (Å²) in [7, 11) is 0. The van der Waals surface area contributed by atoms with Gasteiger partial charge < -0.3 is 0 Å². The van der Waals surface area contributed by atoms with E-state index < -0.39 is 0 Å². The van der Waals surface area contributed by atoms with Crippen molar-refractivity contribution in [2.24, 2.45) is 0 Å². The third-order valence-electron chi connectivity index (χ3n) is 1.06. The zero-order valence-electron chi connectivity index (χ0n) is 5.10. The van der Waals surface area contributed by atoms with Crippen LogP contribution in [0.1, 0.15) is 0 Å². The Balaban J connectivity index is 3.01. The van der Waals surface area contributed by atoms with Crippen LogP contribution in [0.2, 0.25) is 9.99 Å². The van der Waals surface area contributed by atoms with Gasteiger partial charge in [-0.05, 0) is 0 Å². The van der Waals surface area contributed by atoms with Gasteiger partial charge in [0, 0.05) is 0 Å². The summed E-state index contributed by atoms with van der Waals surface area (Å²) in [5, 5.41) is 0.933. The molecule has 1 aromatic carbocycles. The van der Waals surface area contributed by atoms with Crippen LogP contribution in [0, 0.1) is 0 Å². The molecule has 0 aliphatic carbocycles. The molecule has 0 amide bonds. The molecule has 0 saturated carbocycles. The second-order valence-corrected chi connectivity index (χ2v) is 4.46. The van der Waals surface area contributed by atoms with E-state index in [-0.39, 0.29) is 20.9 Å². The molecule has 0 atom stereocenters. The van der Waals surface area contributed by atoms with E-state index in [1.807, 2.05) is 18.2 Å². The van der Waals surface area contributed by atoms with Gasteiger partial charge in [-0.1, -0.05) is 0 Å². The van der Waals surface area contributed by atoms with Gasteiger partial charge in [0.1, 0.15) is 0 Å². The maximum atomic E-state index is 5.86. The summed E-state index contributed by atoms with van der Waals surface area (Å²) in [6.45, 7) is 0. The van der Waals surface area contributed by atoms with Crippen molar-refractivity contribution in [1.82, 2.24) is 0 Å². The second kappa shape index (κ2) is 3.46. The molecular weight excluding hydrogens is 247 g/mol. The number of rotatable bonds is 1. The zero-order valence-corrected chi connectivity index (χ0v) is 8.18. The van der Waals surface area contributed by atoms with E-state index in [2.05, 4.69) is 11.0 Å². The molecule has 1 aromatic rings. The first-order valence-electron chi connectivity index (χ1n) is 2.63. The Hall–Kier alpha value is 0.300. The van der Waals surface area contributed by atoms with Gasteiger partial charge in [-0.3, -0.25) is 0 Å². The van der Waals surface area contributed by atoms with Crippen molar-refractivity contribution in [1.29, 1.82) is 0 Å². The molecule has 0 bridgehead atoms. The van der Waals surface area contributed by atoms with Gasteiger partial charge in [-0.15, -0.1) is 0 Å². The molecule has 0 aliphatic heterocycles. The Morgan fingerprint density at radius 1 is 1.33 bits per heavy atom. The van der Waals surface area contributed by atoms with Crippen molar-refractivity contribution in [2.45, 2.75) is 4.97 Å². The molecule has 0 spiro atoms. The Morgan fingerprint density at radius 2 is 2.00 bits per heavy atom. The van der Waals surface area contributed by atoms with Crippen LogP contribution in [-0.4, -0.2) is 20.9 Å². The Bertz CT molecular complexity index is 198. The molecule has 0 unspecified atom stereocenters. The number of benzene rings is 1. The fraction of sp³-hybridized carbons (Fsp3) is 0.143. The van der Waals surface area contributed by atoms with Gasteiger partial charge in [0.15, 0.2) is 0 Å². The van der Waals surface area contributed by atoms with E-state index in [0.29, 0.717) is 0 Å². The predicted molar refractivity (Wildman–Crippen MR) is 42.7 cm³/mol. The molecule has 0 radical (unpaired) electrons. The van der Waals surface area contributed by atoms with Crippen molar-refractivity contribution < 1.29 is 0 Å². The van der Waals surface area contributed by atoms with Crippen LogP contribution in [0.25, 0.3) is 0 Å². The predicted octanol–water partition coefficient (Wildman–Crippen LogP) is 1.72. The summed E-state index contributed by atoms with van der Waals surface area (Å²) in [6, 6.07) is 8.06. The van der Waals surface area contributed by atoms with Gasteiger partial charge in [-0.25, -0.2) is 0 Å². The van der Waals surface area contributed by atoms with Gasteiger partial charge in [0.25, 0.3) is 0 Å². The monoisotopic (exact) mass is 256 g/mol. The van der Waals surface area contributed by atoms with Gasteiger partial charge in [-0.2, -0.15) is 0 Å². The summed E-state index contributed by atoms with van der Waals surface area (Å²) in [4.78, 5) is 2.23. The molecule has 0 nitrogen and oxygen atoms in total. The van der Waals surface area contributed by atoms with E-state index >= 15 is 0 Å². The van der Waals surface area contributed by atoms with Crippen LogP contribution >= 0.6 is 11.6 Å². The standard InChI is InChI=1S/C7H7ClTe/c1-9-7-5-3-2-4-6(7)8/h2-5H,1H3. The SMILES string of the molecule is C[Te]c1ccccc1Cl. The Morgan fingerprint density at radius 3 is 2.44 bits per heavy atom. The van der Waals surface area contributed by atoms with Crippen LogP contribution in [0.5, 0.6) is 0 Å². The number of hydrogen-bond acceptors (Lipinski definition) is 0. The van der Waals surface area contributed by atoms with Crippen LogP contribution in [-0.2, 0) is 0 Å². The molecule has 48 valence electrons. The van der Waals surface area contributed by atoms with E-state index in [0.717, 1.165) is 5.02 Å². The molecular formula is C7H7ClTe. The van der Waals surface area contributed by atoms with E-state index in [4.69, 9.17) is 11.6 Å². The summed E-state index contributed by atoms with van der Waals surface area (Å²) < 4.78 is 1.35. The second-order valence-electron chi connectivity index (χ2n) is 1.63. The van der Waals surface area contributed by atoms with Crippen LogP contribution in [0.3, 0.4) is 0 Å². The van der Waals surface area contributed by atoms with Crippen molar-refractivity contribution in [3.63, 3.8) is 0 Å². The molecule has 2 heteroatoms. The molecule has 0 heterocycles. The topological polar surface area (TPSA) is 0 Å². The van der Waals surface area contributed by atoms with E-state index in [1.165, 1.54) is 3.61 Å². The quantitative estimate of drug-likeness (QED) is 0.669. The first kappa shape index (κ1) is 7.41. The molecule has 0 N–H and O–H groups in total. The summed E-state index contributed by atoms with van der Waals surface area (Å²) in [6.07, 6.45) is 0. The molecule has 1 rings (SSSR count). The van der Waals surface area contributed by atoms with Crippen molar-refractivity contribution in [3.8, 4) is 0 Å². The Kier molecular flexibility index (Phi) is 2.85. The van der Waals surface area contributed by atoms with E-state index in [1.54, 1.807) is 0 Å². The van der Waals surface area contributed by atoms with Gasteiger partial charge >= 0.3 is 70.4 Å². The summed E-state index contributed by atoms with van der Waals surface area (Å²) in [5.41, 5.74) is 0. The third-order valence-corrected chi connectivity index (χ3v) is 4.01. The first-order valence-corrected chi connectivity index (χ1v) is 6.50. The fourth-order valence-electron chi connectivity index (χ4n) is 0.610. The normalized spacial score (nSPS) is 9.56. The number of halogens is 1. The van der Waals surface area contributed by atoms with Gasteiger partial charge in [0.05, 0.1) is 0 Å². The molecule has 9 heavy (non-hydrogen) atoms. The van der Waals surface area contributed by atoms with Gasteiger partial charge in [0.2, 0.25) is 0 Å². The van der Waals surface area contributed by atoms with Crippen molar-refractivity contribution >= 4 is 36.1 Å². The summed E-state index contributed by atoms with van der Waals surface area (Å²) in [5.74, 6) is 0. The molecule has 0 aliphatic rings. The van der Waals surface area contributed by atoms with Crippen LogP contribution < -0.4 is 3.61 Å². The third kappa shape index (κ3) is 1.86. The van der Waals surface area contributed by atoms with Crippen LogP contribution in [0.15, 0.2) is 24.3 Å². The molecule has 0 saturated heterocycles. The van der Waals surface area contributed by atoms with E-state index in [9.17, 15) is 0 Å². The molecule has 0 fully saturated rings. The van der Waals surface area contributed by atoms with Crippen LogP contribution in [0.4, 0.5) is 0 Å². The molecule has 0 aromatic heterocycles.